The van der Waals surface area contributed by atoms with Crippen molar-refractivity contribution in [3.63, 3.8) is 0 Å². The molecule has 2 aliphatic rings. The van der Waals surface area contributed by atoms with Crippen LogP contribution in [-0.4, -0.2) is 47.1 Å². The second-order valence-corrected chi connectivity index (χ2v) is 6.45. The highest BCUT2D eigenvalue weighted by molar-refractivity contribution is 5.91. The van der Waals surface area contributed by atoms with Gasteiger partial charge in [0.05, 0.1) is 12.3 Å². The smallest absolute Gasteiger partial charge is 0.289 e. The van der Waals surface area contributed by atoms with E-state index >= 15 is 0 Å². The third-order valence-electron chi connectivity index (χ3n) is 4.87. The highest BCUT2D eigenvalue weighted by Crippen LogP contribution is 2.29. The Labute approximate surface area is 140 Å². The van der Waals surface area contributed by atoms with Crippen LogP contribution in [0, 0.1) is 6.92 Å². The van der Waals surface area contributed by atoms with Gasteiger partial charge in [0.25, 0.3) is 5.91 Å². The molecule has 0 aliphatic carbocycles. The summed E-state index contributed by atoms with van der Waals surface area (Å²) in [7, 11) is 0. The molecule has 1 amide bonds. The first-order valence-corrected chi connectivity index (χ1v) is 8.48. The molecule has 0 spiro atoms. The first-order valence-electron chi connectivity index (χ1n) is 8.48. The molecule has 4 heterocycles. The van der Waals surface area contributed by atoms with Crippen LogP contribution in [0.2, 0.25) is 0 Å². The third-order valence-corrected chi connectivity index (χ3v) is 4.87. The number of hydrogen-bond acceptors (Lipinski definition) is 5. The third kappa shape index (κ3) is 2.82. The lowest BCUT2D eigenvalue weighted by Gasteiger charge is -2.18. The maximum Gasteiger partial charge on any atom is 0.289 e. The van der Waals surface area contributed by atoms with Crippen molar-refractivity contribution < 1.29 is 13.9 Å². The fraction of sp³-hybridized carbons (Fsp3) is 0.500. The predicted octanol–water partition coefficient (Wildman–Crippen LogP) is 2.12. The molecule has 2 aromatic rings. The van der Waals surface area contributed by atoms with E-state index in [1.807, 2.05) is 17.9 Å². The molecule has 1 fully saturated rings. The Balaban J connectivity index is 1.55. The fourth-order valence-corrected chi connectivity index (χ4v) is 3.56. The summed E-state index contributed by atoms with van der Waals surface area (Å²) in [5.74, 6) is 1.48. The Hall–Kier alpha value is -2.21. The van der Waals surface area contributed by atoms with Gasteiger partial charge < -0.3 is 14.1 Å². The number of aromatic nitrogens is 2. The van der Waals surface area contributed by atoms with Crippen LogP contribution in [0.5, 0.6) is 0 Å². The molecule has 1 unspecified atom stereocenters. The van der Waals surface area contributed by atoms with Gasteiger partial charge in [-0.1, -0.05) is 0 Å². The molecule has 0 saturated carbocycles. The normalized spacial score (nSPS) is 20.7. The first kappa shape index (κ1) is 15.3. The monoisotopic (exact) mass is 327 g/mol. The number of aryl methyl sites for hydroxylation is 1. The minimum absolute atomic E-state index is 0.0467. The first-order chi connectivity index (χ1) is 11.7. The molecule has 0 bridgehead atoms. The number of nitrogens with zero attached hydrogens (tertiary/aromatic N) is 3. The lowest BCUT2D eigenvalue weighted by Crippen LogP contribution is -2.33. The van der Waals surface area contributed by atoms with Crippen molar-refractivity contribution in [1.29, 1.82) is 0 Å². The highest BCUT2D eigenvalue weighted by Gasteiger charge is 2.28. The molecule has 24 heavy (non-hydrogen) atoms. The zero-order chi connectivity index (χ0) is 16.5. The van der Waals surface area contributed by atoms with Crippen LogP contribution in [0.4, 0.5) is 0 Å². The number of carbonyl (C=O) groups is 1. The van der Waals surface area contributed by atoms with E-state index < -0.39 is 0 Å². The van der Waals surface area contributed by atoms with Crippen molar-refractivity contribution >= 4 is 5.91 Å². The van der Waals surface area contributed by atoms with E-state index in [1.54, 1.807) is 12.4 Å². The van der Waals surface area contributed by atoms with Crippen LogP contribution < -0.4 is 0 Å². The van der Waals surface area contributed by atoms with Gasteiger partial charge >= 0.3 is 0 Å². The van der Waals surface area contributed by atoms with Gasteiger partial charge in [-0.3, -0.25) is 4.79 Å². The van der Waals surface area contributed by atoms with Gasteiger partial charge in [0.2, 0.25) is 0 Å². The molecule has 6 heteroatoms. The van der Waals surface area contributed by atoms with Crippen molar-refractivity contribution in [1.82, 2.24) is 14.9 Å². The van der Waals surface area contributed by atoms with Crippen LogP contribution in [0.1, 0.15) is 45.6 Å². The molecule has 1 saturated heterocycles. The fourth-order valence-electron chi connectivity index (χ4n) is 3.56. The number of rotatable bonds is 2. The van der Waals surface area contributed by atoms with E-state index in [2.05, 4.69) is 9.97 Å². The van der Waals surface area contributed by atoms with Gasteiger partial charge in [-0.15, -0.1) is 0 Å². The van der Waals surface area contributed by atoms with E-state index in [1.165, 1.54) is 5.56 Å². The summed E-state index contributed by atoms with van der Waals surface area (Å²) in [6.45, 7) is 4.70. The number of amides is 1. The van der Waals surface area contributed by atoms with Gasteiger partial charge in [0.15, 0.2) is 5.76 Å². The van der Waals surface area contributed by atoms with E-state index in [9.17, 15) is 4.79 Å². The van der Waals surface area contributed by atoms with Gasteiger partial charge in [-0.2, -0.15) is 0 Å². The lowest BCUT2D eigenvalue weighted by molar-refractivity contribution is 0.0729. The highest BCUT2D eigenvalue weighted by atomic mass is 16.5. The van der Waals surface area contributed by atoms with E-state index in [-0.39, 0.29) is 5.91 Å². The SMILES string of the molecule is Cc1ccc(C(=O)N2CCc3ncnc(C4CCOC4)c3CC2)o1. The predicted molar refractivity (Wildman–Crippen MR) is 87.0 cm³/mol. The van der Waals surface area contributed by atoms with Gasteiger partial charge in [0, 0.05) is 37.7 Å². The summed E-state index contributed by atoms with van der Waals surface area (Å²) < 4.78 is 11.0. The topological polar surface area (TPSA) is 68.5 Å². The minimum atomic E-state index is -0.0467. The molecular formula is C18H21N3O3. The van der Waals surface area contributed by atoms with Crippen LogP contribution in [0.25, 0.3) is 0 Å². The summed E-state index contributed by atoms with van der Waals surface area (Å²) in [5.41, 5.74) is 3.39. The van der Waals surface area contributed by atoms with Crippen LogP contribution in [-0.2, 0) is 17.6 Å². The summed E-state index contributed by atoms with van der Waals surface area (Å²) in [5, 5.41) is 0. The van der Waals surface area contributed by atoms with Crippen LogP contribution in [0.3, 0.4) is 0 Å². The molecule has 0 aromatic carbocycles. The van der Waals surface area contributed by atoms with Crippen molar-refractivity contribution in [2.24, 2.45) is 0 Å². The summed E-state index contributed by atoms with van der Waals surface area (Å²) in [6.07, 6.45) is 4.20. The molecule has 2 aliphatic heterocycles. The Kier molecular flexibility index (Phi) is 4.06. The zero-order valence-electron chi connectivity index (χ0n) is 13.8. The number of ether oxygens (including phenoxy) is 1. The minimum Gasteiger partial charge on any atom is -0.456 e. The summed E-state index contributed by atoms with van der Waals surface area (Å²) in [4.78, 5) is 23.5. The maximum atomic E-state index is 12.6. The van der Waals surface area contributed by atoms with Crippen LogP contribution >= 0.6 is 0 Å². The molecule has 0 N–H and O–H groups in total. The van der Waals surface area contributed by atoms with E-state index in [0.717, 1.165) is 49.6 Å². The van der Waals surface area contributed by atoms with Crippen molar-refractivity contribution in [3.05, 3.63) is 46.9 Å². The summed E-state index contributed by atoms with van der Waals surface area (Å²) in [6, 6.07) is 3.57. The Morgan fingerprint density at radius 1 is 1.25 bits per heavy atom. The molecule has 126 valence electrons. The van der Waals surface area contributed by atoms with Crippen molar-refractivity contribution in [2.45, 2.75) is 32.1 Å². The molecule has 1 atom stereocenters. The quantitative estimate of drug-likeness (QED) is 0.845. The standard InChI is InChI=1S/C18H21N3O3/c1-12-2-3-16(24-12)18(22)21-7-4-14-15(5-8-21)19-11-20-17(14)13-6-9-23-10-13/h2-3,11,13H,4-10H2,1H3. The van der Waals surface area contributed by atoms with Gasteiger partial charge in [-0.05, 0) is 37.5 Å². The zero-order valence-corrected chi connectivity index (χ0v) is 13.8. The average Bonchev–Trinajstić information content (AvgIpc) is 3.22. The number of fused-ring (bicyclic) bond motifs is 1. The number of hydrogen-bond donors (Lipinski definition) is 0. The molecular weight excluding hydrogens is 306 g/mol. The Bertz CT molecular complexity index is 750. The second kappa shape index (κ2) is 6.36. The van der Waals surface area contributed by atoms with Crippen molar-refractivity contribution in [3.8, 4) is 0 Å². The Morgan fingerprint density at radius 2 is 2.12 bits per heavy atom. The summed E-state index contributed by atoms with van der Waals surface area (Å²) >= 11 is 0. The van der Waals surface area contributed by atoms with Crippen LogP contribution in [0.15, 0.2) is 22.9 Å². The van der Waals surface area contributed by atoms with E-state index in [4.69, 9.17) is 9.15 Å². The largest absolute Gasteiger partial charge is 0.456 e. The van der Waals surface area contributed by atoms with Crippen molar-refractivity contribution in [2.75, 3.05) is 26.3 Å². The molecule has 2 aromatic heterocycles. The van der Waals surface area contributed by atoms with Gasteiger partial charge in [-0.25, -0.2) is 9.97 Å². The average molecular weight is 327 g/mol. The van der Waals surface area contributed by atoms with E-state index in [0.29, 0.717) is 24.8 Å². The van der Waals surface area contributed by atoms with Gasteiger partial charge in [0.1, 0.15) is 12.1 Å². The Morgan fingerprint density at radius 3 is 2.88 bits per heavy atom. The second-order valence-electron chi connectivity index (χ2n) is 6.45. The molecule has 0 radical (unpaired) electrons. The maximum absolute atomic E-state index is 12.6. The molecule has 6 nitrogen and oxygen atoms in total. The number of carbonyl (C=O) groups excluding carboxylic acids is 1. The molecule has 4 rings (SSSR count). The lowest BCUT2D eigenvalue weighted by atomic mass is 9.96. The number of furan rings is 1.